The van der Waals surface area contributed by atoms with Gasteiger partial charge in [-0.3, -0.25) is 10.1 Å². The number of aromatic amines is 1. The number of amides is 1. The fourth-order valence-corrected chi connectivity index (χ4v) is 3.56. The van der Waals surface area contributed by atoms with Gasteiger partial charge in [0.05, 0.1) is 29.6 Å². The van der Waals surface area contributed by atoms with Gasteiger partial charge < -0.3 is 15.0 Å². The van der Waals surface area contributed by atoms with Gasteiger partial charge in [-0.1, -0.05) is 0 Å². The van der Waals surface area contributed by atoms with Crippen LogP contribution in [0.1, 0.15) is 11.4 Å². The number of fused-ring (bicyclic) bond motifs is 1. The number of imidazole rings is 1. The van der Waals surface area contributed by atoms with E-state index < -0.39 is 12.0 Å². The summed E-state index contributed by atoms with van der Waals surface area (Å²) in [4.78, 5) is 32.2. The molecular weight excluding hydrogens is 268 g/mol. The quantitative estimate of drug-likeness (QED) is 0.670. The van der Waals surface area contributed by atoms with E-state index in [9.17, 15) is 9.59 Å². The summed E-state index contributed by atoms with van der Waals surface area (Å²) in [7, 11) is 0. The highest BCUT2D eigenvalue weighted by atomic mass is 32.2. The molecule has 0 saturated carbocycles. The molecule has 7 nitrogen and oxygen atoms in total. The normalized spacial score (nSPS) is 26.2. The van der Waals surface area contributed by atoms with Crippen molar-refractivity contribution in [2.24, 2.45) is 0 Å². The molecule has 1 saturated heterocycles. The van der Waals surface area contributed by atoms with Crippen LogP contribution in [0, 0.1) is 0 Å². The Morgan fingerprint density at radius 1 is 1.53 bits per heavy atom. The maximum atomic E-state index is 12.4. The number of rotatable bonds is 2. The van der Waals surface area contributed by atoms with Crippen molar-refractivity contribution in [1.29, 1.82) is 0 Å². The smallest absolute Gasteiger partial charge is 0.327 e. The lowest BCUT2D eigenvalue weighted by atomic mass is 10.0. The summed E-state index contributed by atoms with van der Waals surface area (Å²) in [5.74, 6) is -0.177. The molecule has 1 aromatic rings. The molecule has 2 aliphatic heterocycles. The first-order valence-corrected chi connectivity index (χ1v) is 7.18. The summed E-state index contributed by atoms with van der Waals surface area (Å²) in [6, 6.07) is -1.09. The van der Waals surface area contributed by atoms with E-state index >= 15 is 0 Å². The number of H-pyrrole nitrogens is 1. The third-order valence-corrected chi connectivity index (χ3v) is 4.49. The van der Waals surface area contributed by atoms with Gasteiger partial charge in [0.25, 0.3) is 0 Å². The SMILES string of the molecule is O=C(O)[C@@H]1CSCN1C(=O)C1Cc2nc[nH]c2CN1. The van der Waals surface area contributed by atoms with E-state index in [4.69, 9.17) is 5.11 Å². The second kappa shape index (κ2) is 4.86. The lowest BCUT2D eigenvalue weighted by molar-refractivity contribution is -0.148. The third-order valence-electron chi connectivity index (χ3n) is 3.48. The van der Waals surface area contributed by atoms with Gasteiger partial charge in [0.15, 0.2) is 0 Å². The molecule has 0 bridgehead atoms. The molecule has 1 unspecified atom stereocenters. The zero-order valence-corrected chi connectivity index (χ0v) is 10.9. The summed E-state index contributed by atoms with van der Waals surface area (Å²) >= 11 is 1.47. The minimum atomic E-state index is -0.936. The number of aliphatic carboxylic acids is 1. The summed E-state index contributed by atoms with van der Waals surface area (Å²) in [6.07, 6.45) is 2.12. The van der Waals surface area contributed by atoms with Crippen LogP contribution in [0.3, 0.4) is 0 Å². The Morgan fingerprint density at radius 3 is 3.16 bits per heavy atom. The second-order valence-electron chi connectivity index (χ2n) is 4.63. The highest BCUT2D eigenvalue weighted by Gasteiger charge is 2.38. The van der Waals surface area contributed by atoms with E-state index in [2.05, 4.69) is 15.3 Å². The lowest BCUT2D eigenvalue weighted by Crippen LogP contribution is -2.52. The van der Waals surface area contributed by atoms with Crippen molar-refractivity contribution < 1.29 is 14.7 Å². The molecule has 0 aromatic carbocycles. The molecule has 0 radical (unpaired) electrons. The standard InChI is InChI=1S/C11H14N4O3S/c16-10(15-5-19-3-9(15)11(17)18)7-1-6-8(2-12-7)14-4-13-6/h4,7,9,12H,1-3,5H2,(H,13,14)(H,17,18)/t7?,9-/m0/s1. The van der Waals surface area contributed by atoms with Crippen molar-refractivity contribution in [2.45, 2.75) is 25.0 Å². The van der Waals surface area contributed by atoms with Gasteiger partial charge in [-0.25, -0.2) is 9.78 Å². The van der Waals surface area contributed by atoms with E-state index in [1.165, 1.54) is 16.7 Å². The maximum Gasteiger partial charge on any atom is 0.327 e. The Bertz CT molecular complexity index is 518. The molecule has 2 atom stereocenters. The van der Waals surface area contributed by atoms with Crippen LogP contribution in [0.4, 0.5) is 0 Å². The first kappa shape index (κ1) is 12.5. The van der Waals surface area contributed by atoms with E-state index in [-0.39, 0.29) is 11.9 Å². The van der Waals surface area contributed by atoms with Crippen LogP contribution < -0.4 is 5.32 Å². The molecule has 8 heteroatoms. The minimum absolute atomic E-state index is 0.147. The zero-order chi connectivity index (χ0) is 13.4. The molecule has 3 rings (SSSR count). The fraction of sp³-hybridized carbons (Fsp3) is 0.545. The maximum absolute atomic E-state index is 12.4. The topological polar surface area (TPSA) is 98.3 Å². The Labute approximate surface area is 113 Å². The number of carboxylic acids is 1. The average Bonchev–Trinajstić information content (AvgIpc) is 3.05. The largest absolute Gasteiger partial charge is 0.480 e. The van der Waals surface area contributed by atoms with Crippen LogP contribution in [0.25, 0.3) is 0 Å². The molecule has 0 spiro atoms. The molecule has 3 N–H and O–H groups in total. The number of hydrogen-bond donors (Lipinski definition) is 3. The van der Waals surface area contributed by atoms with Crippen molar-refractivity contribution >= 4 is 23.6 Å². The number of carbonyl (C=O) groups is 2. The Morgan fingerprint density at radius 2 is 2.37 bits per heavy atom. The highest BCUT2D eigenvalue weighted by molar-refractivity contribution is 7.99. The van der Waals surface area contributed by atoms with Crippen molar-refractivity contribution in [1.82, 2.24) is 20.2 Å². The number of carbonyl (C=O) groups excluding carboxylic acids is 1. The molecule has 2 aliphatic rings. The number of nitrogens with one attached hydrogen (secondary N) is 2. The van der Waals surface area contributed by atoms with Gasteiger partial charge >= 0.3 is 5.97 Å². The van der Waals surface area contributed by atoms with Gasteiger partial charge in [0, 0.05) is 18.7 Å². The fourth-order valence-electron chi connectivity index (χ4n) is 2.41. The summed E-state index contributed by atoms with van der Waals surface area (Å²) in [5, 5.41) is 12.2. The number of hydrogen-bond acceptors (Lipinski definition) is 5. The Balaban J connectivity index is 1.73. The number of aromatic nitrogens is 2. The van der Waals surface area contributed by atoms with Gasteiger partial charge in [-0.2, -0.15) is 0 Å². The van der Waals surface area contributed by atoms with Gasteiger partial charge in [0.1, 0.15) is 6.04 Å². The van der Waals surface area contributed by atoms with Crippen molar-refractivity contribution in [3.63, 3.8) is 0 Å². The molecular formula is C11H14N4O3S. The van der Waals surface area contributed by atoms with Crippen molar-refractivity contribution in [3.05, 3.63) is 17.7 Å². The Hall–Kier alpha value is -1.54. The minimum Gasteiger partial charge on any atom is -0.480 e. The molecule has 1 aromatic heterocycles. The summed E-state index contributed by atoms with van der Waals surface area (Å²) < 4.78 is 0. The van der Waals surface area contributed by atoms with Crippen LogP contribution in [0.15, 0.2) is 6.33 Å². The highest BCUT2D eigenvalue weighted by Crippen LogP contribution is 2.23. The molecule has 1 amide bonds. The Kier molecular flexibility index (Phi) is 3.19. The summed E-state index contributed by atoms with van der Waals surface area (Å²) in [5.41, 5.74) is 1.88. The van der Waals surface area contributed by atoms with E-state index in [0.717, 1.165) is 11.4 Å². The average molecular weight is 282 g/mol. The zero-order valence-electron chi connectivity index (χ0n) is 10.1. The van der Waals surface area contributed by atoms with E-state index in [1.54, 1.807) is 6.33 Å². The van der Waals surface area contributed by atoms with Crippen LogP contribution in [-0.2, 0) is 22.6 Å². The third kappa shape index (κ3) is 2.21. The molecule has 3 heterocycles. The molecule has 0 aliphatic carbocycles. The first-order chi connectivity index (χ1) is 9.16. The lowest BCUT2D eigenvalue weighted by Gasteiger charge is -2.28. The van der Waals surface area contributed by atoms with E-state index in [1.807, 2.05) is 0 Å². The monoisotopic (exact) mass is 282 g/mol. The van der Waals surface area contributed by atoms with Gasteiger partial charge in [0.2, 0.25) is 5.91 Å². The van der Waals surface area contributed by atoms with Crippen LogP contribution in [-0.4, -0.2) is 55.6 Å². The van der Waals surface area contributed by atoms with Crippen LogP contribution in [0.2, 0.25) is 0 Å². The van der Waals surface area contributed by atoms with Crippen molar-refractivity contribution in [3.8, 4) is 0 Å². The number of nitrogens with zero attached hydrogens (tertiary/aromatic N) is 2. The predicted octanol–water partition coefficient (Wildman–Crippen LogP) is -0.590. The van der Waals surface area contributed by atoms with Crippen LogP contribution >= 0.6 is 11.8 Å². The first-order valence-electron chi connectivity index (χ1n) is 6.02. The van der Waals surface area contributed by atoms with Gasteiger partial charge in [-0.15, -0.1) is 11.8 Å². The van der Waals surface area contributed by atoms with Gasteiger partial charge in [-0.05, 0) is 0 Å². The number of carboxylic acid groups (broad SMARTS) is 1. The molecule has 19 heavy (non-hydrogen) atoms. The molecule has 102 valence electrons. The van der Waals surface area contributed by atoms with Crippen molar-refractivity contribution in [2.75, 3.05) is 11.6 Å². The number of thioether (sulfide) groups is 1. The second-order valence-corrected chi connectivity index (χ2v) is 5.63. The van der Waals surface area contributed by atoms with E-state index in [0.29, 0.717) is 24.6 Å². The predicted molar refractivity (Wildman–Crippen MR) is 68.5 cm³/mol. The van der Waals surface area contributed by atoms with Crippen LogP contribution in [0.5, 0.6) is 0 Å². The molecule has 1 fully saturated rings. The summed E-state index contributed by atoms with van der Waals surface area (Å²) in [6.45, 7) is 0.560.